The van der Waals surface area contributed by atoms with E-state index in [2.05, 4.69) is 10.6 Å². The molecular formula is C63H101Cl3N4O17S3. The van der Waals surface area contributed by atoms with Crippen molar-refractivity contribution in [3.63, 3.8) is 0 Å². The molecule has 21 nitrogen and oxygen atoms in total. The van der Waals surface area contributed by atoms with Crippen LogP contribution in [0, 0.1) is 41.5 Å². The molecule has 7 rings (SSSR count). The predicted molar refractivity (Wildman–Crippen MR) is 355 cm³/mol. The molecule has 4 saturated heterocycles. The highest BCUT2D eigenvalue weighted by atomic mass is 35.7. The summed E-state index contributed by atoms with van der Waals surface area (Å²) in [6, 6.07) is 10.8. The maximum absolute atomic E-state index is 13.4. The largest absolute Gasteiger partial charge is 0.497 e. The van der Waals surface area contributed by atoms with Crippen LogP contribution < -0.4 is 24.8 Å². The van der Waals surface area contributed by atoms with Crippen LogP contribution >= 0.6 is 35.5 Å². The predicted octanol–water partition coefficient (Wildman–Crippen LogP) is 11.5. The first-order valence-electron chi connectivity index (χ1n) is 30.7. The van der Waals surface area contributed by atoms with Crippen molar-refractivity contribution in [3.8, 4) is 17.2 Å². The smallest absolute Gasteiger partial charge is 0.305 e. The monoisotopic (exact) mass is 1390 g/mol. The minimum Gasteiger partial charge on any atom is -0.497 e. The Morgan fingerprint density at radius 1 is 0.478 bits per heavy atom. The van der Waals surface area contributed by atoms with E-state index in [0.717, 1.165) is 64.5 Å². The lowest BCUT2D eigenvalue weighted by Crippen LogP contribution is -2.44. The first-order chi connectivity index (χ1) is 41.5. The Morgan fingerprint density at radius 3 is 1.08 bits per heavy atom. The van der Waals surface area contributed by atoms with Gasteiger partial charge in [-0.05, 0) is 215 Å². The van der Waals surface area contributed by atoms with Crippen molar-refractivity contribution in [2.24, 2.45) is 0 Å². The number of sulfonamides is 2. The number of carboxylic acids is 2. The van der Waals surface area contributed by atoms with Crippen molar-refractivity contribution in [1.29, 1.82) is 0 Å². The number of hydrogen-bond donors (Lipinski definition) is 4. The van der Waals surface area contributed by atoms with Gasteiger partial charge in [-0.3, -0.25) is 19.2 Å². The van der Waals surface area contributed by atoms with Gasteiger partial charge in [-0.1, -0.05) is 25.7 Å². The molecular weight excluding hydrogens is 1290 g/mol. The number of ether oxygens (including phenoxy) is 5. The molecule has 4 fully saturated rings. The zero-order chi connectivity index (χ0) is 65.8. The molecule has 90 heavy (non-hydrogen) atoms. The van der Waals surface area contributed by atoms with E-state index in [0.29, 0.717) is 131 Å². The summed E-state index contributed by atoms with van der Waals surface area (Å²) in [5.74, 6) is -0.000231. The maximum Gasteiger partial charge on any atom is 0.305 e. The molecule has 0 saturated carbocycles. The summed E-state index contributed by atoms with van der Waals surface area (Å²) >= 11 is 0. The summed E-state index contributed by atoms with van der Waals surface area (Å²) in [7, 11) is -1.02. The van der Waals surface area contributed by atoms with E-state index < -0.39 is 41.0 Å². The number of piperidine rings is 4. The van der Waals surface area contributed by atoms with Crippen LogP contribution in [0.1, 0.15) is 176 Å². The van der Waals surface area contributed by atoms with Crippen LogP contribution in [-0.2, 0) is 57.7 Å². The van der Waals surface area contributed by atoms with Crippen LogP contribution in [0.4, 0.5) is 0 Å². The van der Waals surface area contributed by atoms with Crippen LogP contribution in [0.2, 0.25) is 0 Å². The highest BCUT2D eigenvalue weighted by molar-refractivity contribution is 8.13. The standard InChI is InChI=1S/C19H29NO5S.C17H25NO5S.C10H19NO2.C9H11ClO3S.C8H15NO2.2ClH/c1-5-25-18(21)10-9-16-8-6-7-11-20(16)26(22,23)19-14(2)12-17(24-4)13-15(19)3;1-12-10-15(23-3)11-13(2)17(12)24(21,22)18-9-5-4-6-14(18)7-8-16(19)20;1-2-13-10(12)7-6-9-5-3-4-8-11-9;1-6-4-8(13-3)5-7(2)9(6)14(10,11)12;10-8(11)5-4-7-3-1-2-6-9-7;;/h12-13,16H,5-11H2,1-4H3;10-11,14H,4-9H2,1-3H3,(H,19,20);9,11H,2-8H2,1H3;4-5H,1-3H3;7,9H,1-6H2,(H,10,11);2*1H. The topological polar surface area (TPSA) is 288 Å². The van der Waals surface area contributed by atoms with Gasteiger partial charge in [-0.25, -0.2) is 25.3 Å². The van der Waals surface area contributed by atoms with Crippen molar-refractivity contribution in [3.05, 3.63) is 69.8 Å². The average Bonchev–Trinajstić information content (AvgIpc) is 0.844. The quantitative estimate of drug-likeness (QED) is 0.0537. The molecule has 4 aliphatic heterocycles. The van der Waals surface area contributed by atoms with Crippen LogP contribution in [-0.4, -0.2) is 153 Å². The third-order valence-corrected chi connectivity index (χ3v) is 21.9. The van der Waals surface area contributed by atoms with Gasteiger partial charge in [0, 0.05) is 73.6 Å². The summed E-state index contributed by atoms with van der Waals surface area (Å²) in [6.45, 7) is 18.0. The second kappa shape index (κ2) is 42.0. The fraction of sp³-hybridized carbons (Fsp3) is 0.651. The molecule has 0 aromatic heterocycles. The van der Waals surface area contributed by atoms with Crippen molar-refractivity contribution < 1.29 is 78.3 Å². The summed E-state index contributed by atoms with van der Waals surface area (Å²) in [4.78, 5) is 44.6. The number of carboxylic acid groups (broad SMARTS) is 2. The molecule has 0 spiro atoms. The van der Waals surface area contributed by atoms with Gasteiger partial charge < -0.3 is 44.5 Å². The first-order valence-corrected chi connectivity index (χ1v) is 35.9. The number of aliphatic carboxylic acids is 2. The Kier molecular flexibility index (Phi) is 38.9. The molecule has 3 aromatic rings. The Labute approximate surface area is 553 Å². The number of nitrogens with zero attached hydrogens (tertiary/aromatic N) is 2. The van der Waals surface area contributed by atoms with Gasteiger partial charge in [0.25, 0.3) is 9.05 Å². The summed E-state index contributed by atoms with van der Waals surface area (Å²) in [5.41, 5.74) is 3.84. The second-order valence-corrected chi connectivity index (χ2v) is 28.7. The Balaban J connectivity index is 0.000000582. The van der Waals surface area contributed by atoms with Gasteiger partial charge in [-0.15, -0.1) is 24.8 Å². The van der Waals surface area contributed by atoms with Gasteiger partial charge in [0.2, 0.25) is 20.0 Å². The molecule has 4 unspecified atom stereocenters. The normalized spacial score (nSPS) is 18.6. The molecule has 0 bridgehead atoms. The van der Waals surface area contributed by atoms with E-state index in [1.54, 1.807) is 103 Å². The number of aryl methyl sites for hydroxylation is 6. The van der Waals surface area contributed by atoms with Gasteiger partial charge in [-0.2, -0.15) is 8.61 Å². The van der Waals surface area contributed by atoms with Crippen LogP contribution in [0.3, 0.4) is 0 Å². The highest BCUT2D eigenvalue weighted by Gasteiger charge is 2.37. The number of benzene rings is 3. The molecule has 514 valence electrons. The maximum atomic E-state index is 13.4. The third-order valence-electron chi connectivity index (χ3n) is 15.7. The van der Waals surface area contributed by atoms with Crippen LogP contribution in [0.5, 0.6) is 17.2 Å². The molecule has 4 aliphatic rings. The lowest BCUT2D eigenvalue weighted by Gasteiger charge is -2.35. The molecule has 4 atom stereocenters. The molecule has 0 amide bonds. The van der Waals surface area contributed by atoms with Crippen molar-refractivity contribution in [2.45, 2.75) is 223 Å². The Morgan fingerprint density at radius 2 is 0.778 bits per heavy atom. The number of carbonyl (C=O) groups is 4. The van der Waals surface area contributed by atoms with Gasteiger partial charge >= 0.3 is 23.9 Å². The molecule has 4 heterocycles. The Hall–Kier alpha value is -4.50. The zero-order valence-electron chi connectivity index (χ0n) is 54.5. The molecule has 3 aromatic carbocycles. The van der Waals surface area contributed by atoms with Crippen molar-refractivity contribution >= 4 is 88.5 Å². The van der Waals surface area contributed by atoms with E-state index in [1.807, 2.05) is 6.92 Å². The number of nitrogens with one attached hydrogen (secondary N) is 2. The molecule has 0 aliphatic carbocycles. The van der Waals surface area contributed by atoms with Crippen molar-refractivity contribution in [2.75, 3.05) is 60.7 Å². The third kappa shape index (κ3) is 27.6. The van der Waals surface area contributed by atoms with E-state index in [-0.39, 0.29) is 66.6 Å². The van der Waals surface area contributed by atoms with E-state index in [4.69, 9.17) is 44.6 Å². The van der Waals surface area contributed by atoms with Crippen molar-refractivity contribution in [1.82, 2.24) is 19.2 Å². The number of hydrogen-bond acceptors (Lipinski definition) is 17. The van der Waals surface area contributed by atoms with E-state index in [9.17, 15) is 44.4 Å². The number of carbonyl (C=O) groups excluding carboxylic acids is 2. The molecule has 4 N–H and O–H groups in total. The minimum atomic E-state index is -3.67. The van der Waals surface area contributed by atoms with E-state index in [1.165, 1.54) is 43.5 Å². The second-order valence-electron chi connectivity index (χ2n) is 22.6. The Bertz CT molecular complexity index is 3000. The average molecular weight is 1390 g/mol. The van der Waals surface area contributed by atoms with Gasteiger partial charge in [0.1, 0.15) is 17.2 Å². The zero-order valence-corrected chi connectivity index (χ0v) is 59.3. The molecule has 27 heteroatoms. The lowest BCUT2D eigenvalue weighted by molar-refractivity contribution is -0.144. The number of rotatable bonds is 22. The lowest BCUT2D eigenvalue weighted by atomic mass is 10.0. The fourth-order valence-electron chi connectivity index (χ4n) is 11.6. The summed E-state index contributed by atoms with van der Waals surface area (Å²) in [6.07, 6.45) is 16.1. The van der Waals surface area contributed by atoms with Crippen LogP contribution in [0.25, 0.3) is 0 Å². The van der Waals surface area contributed by atoms with Crippen LogP contribution in [0.15, 0.2) is 51.1 Å². The van der Waals surface area contributed by atoms with Gasteiger partial charge in [0.15, 0.2) is 0 Å². The molecule has 0 radical (unpaired) electrons. The summed E-state index contributed by atoms with van der Waals surface area (Å²) < 4.78 is 104. The minimum absolute atomic E-state index is 0. The van der Waals surface area contributed by atoms with Gasteiger partial charge in [0.05, 0.1) is 49.2 Å². The fourth-order valence-corrected chi connectivity index (χ4v) is 17.5. The SMILES string of the molecule is CCOC(=O)CCC1CCCCN1.CCOC(=O)CCC1CCCCN1S(=O)(=O)c1c(C)cc(OC)cc1C.COc1cc(C)c(S(=O)(=O)Cl)c(C)c1.COc1cc(C)c(S(=O)(=O)N2CCCCC2CCC(=O)O)c(C)c1.Cl.Cl.O=C(O)CCC1CCCCN1. The number of esters is 2. The summed E-state index contributed by atoms with van der Waals surface area (Å²) in [5, 5.41) is 24.1. The highest BCUT2D eigenvalue weighted by Crippen LogP contribution is 2.35. The first kappa shape index (κ1) is 83.5. The van der Waals surface area contributed by atoms with E-state index >= 15 is 0 Å². The number of methoxy groups -OCH3 is 3. The number of halogens is 3.